The molecule has 0 radical (unpaired) electrons. The van der Waals surface area contributed by atoms with E-state index in [1.165, 1.54) is 6.92 Å². The van der Waals surface area contributed by atoms with E-state index < -0.39 is 27.6 Å². The summed E-state index contributed by atoms with van der Waals surface area (Å²) < 4.78 is 31.5. The molecule has 0 aromatic heterocycles. The number of nitrogens with one attached hydrogen (secondary N) is 1. The summed E-state index contributed by atoms with van der Waals surface area (Å²) in [6.45, 7) is 6.77. The van der Waals surface area contributed by atoms with E-state index in [1.54, 1.807) is 20.8 Å². The molecule has 1 fully saturated rings. The molecule has 0 aromatic rings. The van der Waals surface area contributed by atoms with Crippen LogP contribution in [0.2, 0.25) is 0 Å². The van der Waals surface area contributed by atoms with Gasteiger partial charge in [0.1, 0.15) is 11.6 Å². The largest absolute Gasteiger partial charge is 0.459 e. The van der Waals surface area contributed by atoms with Crippen molar-refractivity contribution in [2.24, 2.45) is 0 Å². The van der Waals surface area contributed by atoms with E-state index in [0.29, 0.717) is 12.8 Å². The average molecular weight is 277 g/mol. The van der Waals surface area contributed by atoms with Crippen LogP contribution in [-0.4, -0.2) is 31.3 Å². The van der Waals surface area contributed by atoms with E-state index in [2.05, 4.69) is 4.72 Å². The number of esters is 1. The Kier molecular flexibility index (Phi) is 4.78. The first-order chi connectivity index (χ1) is 8.12. The number of carbonyl (C=O) groups is 1. The highest BCUT2D eigenvalue weighted by atomic mass is 32.2. The zero-order valence-corrected chi connectivity index (χ0v) is 12.3. The predicted octanol–water partition coefficient (Wildman–Crippen LogP) is 1.58. The third kappa shape index (κ3) is 4.57. The standard InChI is InChI=1S/C12H23NO4S/c1-9(11(14)17-12(2,3)4)13-18(15,16)10-7-5-6-8-10/h9-10,13H,5-8H2,1-4H3/t9-/m1/s1. The summed E-state index contributed by atoms with van der Waals surface area (Å²) >= 11 is 0. The molecular weight excluding hydrogens is 254 g/mol. The molecule has 18 heavy (non-hydrogen) atoms. The van der Waals surface area contributed by atoms with Crippen molar-refractivity contribution in [2.45, 2.75) is 70.3 Å². The van der Waals surface area contributed by atoms with Crippen molar-refractivity contribution >= 4 is 16.0 Å². The lowest BCUT2D eigenvalue weighted by Gasteiger charge is -2.23. The first kappa shape index (κ1) is 15.4. The van der Waals surface area contributed by atoms with E-state index in [4.69, 9.17) is 4.74 Å². The minimum absolute atomic E-state index is 0.359. The minimum atomic E-state index is -3.41. The number of rotatable bonds is 4. The van der Waals surface area contributed by atoms with Crippen LogP contribution in [0, 0.1) is 0 Å². The van der Waals surface area contributed by atoms with Crippen molar-refractivity contribution in [1.29, 1.82) is 0 Å². The molecule has 1 rings (SSSR count). The third-order valence-corrected chi connectivity index (χ3v) is 4.87. The topological polar surface area (TPSA) is 72.5 Å². The Morgan fingerprint density at radius 1 is 1.28 bits per heavy atom. The van der Waals surface area contributed by atoms with Crippen LogP contribution in [0.15, 0.2) is 0 Å². The van der Waals surface area contributed by atoms with Crippen LogP contribution in [0.5, 0.6) is 0 Å². The molecule has 1 aliphatic rings. The second-order valence-electron chi connectivity index (χ2n) is 5.82. The molecular formula is C12H23NO4S. The SMILES string of the molecule is C[C@@H](NS(=O)(=O)C1CCCC1)C(=O)OC(C)(C)C. The molecule has 0 spiro atoms. The molecule has 106 valence electrons. The highest BCUT2D eigenvalue weighted by Crippen LogP contribution is 2.24. The van der Waals surface area contributed by atoms with Crippen LogP contribution in [0.1, 0.15) is 53.4 Å². The zero-order chi connectivity index (χ0) is 14.0. The summed E-state index contributed by atoms with van der Waals surface area (Å²) in [5.74, 6) is -0.538. The highest BCUT2D eigenvalue weighted by Gasteiger charge is 2.32. The first-order valence-corrected chi connectivity index (χ1v) is 7.90. The van der Waals surface area contributed by atoms with Crippen LogP contribution < -0.4 is 4.72 Å². The Morgan fingerprint density at radius 3 is 2.22 bits per heavy atom. The van der Waals surface area contributed by atoms with Crippen molar-refractivity contribution < 1.29 is 17.9 Å². The first-order valence-electron chi connectivity index (χ1n) is 6.36. The van der Waals surface area contributed by atoms with Crippen molar-refractivity contribution in [3.05, 3.63) is 0 Å². The number of sulfonamides is 1. The van der Waals surface area contributed by atoms with E-state index in [-0.39, 0.29) is 5.25 Å². The average Bonchev–Trinajstić information content (AvgIpc) is 2.66. The van der Waals surface area contributed by atoms with Crippen LogP contribution in [0.4, 0.5) is 0 Å². The summed E-state index contributed by atoms with van der Waals surface area (Å²) in [5, 5.41) is -0.359. The molecule has 0 unspecified atom stereocenters. The Hall–Kier alpha value is -0.620. The van der Waals surface area contributed by atoms with Gasteiger partial charge in [-0.1, -0.05) is 12.8 Å². The second-order valence-corrected chi connectivity index (χ2v) is 7.82. The van der Waals surface area contributed by atoms with Crippen molar-refractivity contribution in [1.82, 2.24) is 4.72 Å². The molecule has 0 aromatic carbocycles. The smallest absolute Gasteiger partial charge is 0.324 e. The van der Waals surface area contributed by atoms with E-state index in [0.717, 1.165) is 12.8 Å². The normalized spacial score (nSPS) is 19.8. The predicted molar refractivity (Wildman–Crippen MR) is 69.6 cm³/mol. The summed E-state index contributed by atoms with van der Waals surface area (Å²) in [6.07, 6.45) is 3.23. The molecule has 6 heteroatoms. The number of ether oxygens (including phenoxy) is 1. The summed E-state index contributed by atoms with van der Waals surface area (Å²) in [6, 6.07) is -0.838. The van der Waals surface area contributed by atoms with Gasteiger partial charge in [-0.25, -0.2) is 13.1 Å². The highest BCUT2D eigenvalue weighted by molar-refractivity contribution is 7.90. The van der Waals surface area contributed by atoms with E-state index in [1.807, 2.05) is 0 Å². The van der Waals surface area contributed by atoms with Crippen LogP contribution in [0.3, 0.4) is 0 Å². The van der Waals surface area contributed by atoms with Gasteiger partial charge in [0, 0.05) is 0 Å². The van der Waals surface area contributed by atoms with Crippen molar-refractivity contribution in [3.8, 4) is 0 Å². The molecule has 0 aliphatic heterocycles. The Morgan fingerprint density at radius 2 is 1.78 bits per heavy atom. The van der Waals surface area contributed by atoms with Crippen LogP contribution in [-0.2, 0) is 19.6 Å². The van der Waals surface area contributed by atoms with Gasteiger partial charge in [-0.05, 0) is 40.5 Å². The van der Waals surface area contributed by atoms with Crippen LogP contribution >= 0.6 is 0 Å². The van der Waals surface area contributed by atoms with Gasteiger partial charge in [0.15, 0.2) is 0 Å². The van der Waals surface area contributed by atoms with Gasteiger partial charge in [0.05, 0.1) is 5.25 Å². The maximum atomic E-state index is 12.0. The van der Waals surface area contributed by atoms with Crippen molar-refractivity contribution in [3.63, 3.8) is 0 Å². The van der Waals surface area contributed by atoms with Gasteiger partial charge in [0.2, 0.25) is 10.0 Å². The van der Waals surface area contributed by atoms with Crippen molar-refractivity contribution in [2.75, 3.05) is 0 Å². The molecule has 1 saturated carbocycles. The van der Waals surface area contributed by atoms with E-state index in [9.17, 15) is 13.2 Å². The van der Waals surface area contributed by atoms with Gasteiger partial charge < -0.3 is 4.74 Å². The fourth-order valence-electron chi connectivity index (χ4n) is 1.98. The number of hydrogen-bond acceptors (Lipinski definition) is 4. The lowest BCUT2D eigenvalue weighted by molar-refractivity contribution is -0.156. The lowest BCUT2D eigenvalue weighted by Crippen LogP contribution is -2.45. The molecule has 1 N–H and O–H groups in total. The van der Waals surface area contributed by atoms with Crippen LogP contribution in [0.25, 0.3) is 0 Å². The zero-order valence-electron chi connectivity index (χ0n) is 11.5. The lowest BCUT2D eigenvalue weighted by atomic mass is 10.2. The molecule has 1 aliphatic carbocycles. The Balaban J connectivity index is 2.58. The van der Waals surface area contributed by atoms with Gasteiger partial charge in [-0.15, -0.1) is 0 Å². The van der Waals surface area contributed by atoms with E-state index >= 15 is 0 Å². The maximum absolute atomic E-state index is 12.0. The fourth-order valence-corrected chi connectivity index (χ4v) is 3.71. The number of carbonyl (C=O) groups excluding carboxylic acids is 1. The summed E-state index contributed by atoms with van der Waals surface area (Å²) in [5.41, 5.74) is -0.607. The molecule has 0 heterocycles. The molecule has 1 atom stereocenters. The van der Waals surface area contributed by atoms with Gasteiger partial charge in [0.25, 0.3) is 0 Å². The Bertz CT molecular complexity index is 391. The van der Waals surface area contributed by atoms with Gasteiger partial charge >= 0.3 is 5.97 Å². The summed E-state index contributed by atoms with van der Waals surface area (Å²) in [7, 11) is -3.41. The monoisotopic (exact) mass is 277 g/mol. The number of hydrogen-bond donors (Lipinski definition) is 1. The molecule has 0 amide bonds. The quantitative estimate of drug-likeness (QED) is 0.792. The second kappa shape index (κ2) is 5.57. The summed E-state index contributed by atoms with van der Waals surface area (Å²) in [4.78, 5) is 11.7. The van der Waals surface area contributed by atoms with Gasteiger partial charge in [-0.2, -0.15) is 0 Å². The third-order valence-electron chi connectivity index (χ3n) is 2.84. The minimum Gasteiger partial charge on any atom is -0.459 e. The molecule has 0 bridgehead atoms. The Labute approximate surface area is 109 Å². The molecule has 5 nitrogen and oxygen atoms in total. The molecule has 0 saturated heterocycles. The maximum Gasteiger partial charge on any atom is 0.324 e. The fraction of sp³-hybridized carbons (Fsp3) is 0.917. The van der Waals surface area contributed by atoms with Gasteiger partial charge in [-0.3, -0.25) is 4.79 Å².